The maximum absolute atomic E-state index is 10.6. The molecule has 1 N–H and O–H groups in total. The molecule has 0 atom stereocenters. The normalized spacial score (nSPS) is 11.9. The van der Waals surface area contributed by atoms with Crippen LogP contribution in [0.3, 0.4) is 0 Å². The van der Waals surface area contributed by atoms with Gasteiger partial charge >= 0.3 is 0 Å². The number of rotatable bonds is 6. The van der Waals surface area contributed by atoms with E-state index in [0.29, 0.717) is 6.54 Å². The van der Waals surface area contributed by atoms with Crippen molar-refractivity contribution in [3.63, 3.8) is 0 Å². The predicted octanol–water partition coefficient (Wildman–Crippen LogP) is 3.32. The summed E-state index contributed by atoms with van der Waals surface area (Å²) in [5, 5.41) is 10.6. The van der Waals surface area contributed by atoms with Gasteiger partial charge in [0.1, 0.15) is 5.82 Å². The second kappa shape index (κ2) is 5.57. The number of aromatic nitrogens is 2. The van der Waals surface area contributed by atoms with Gasteiger partial charge in [0.25, 0.3) is 0 Å². The molecule has 0 fully saturated rings. The molecule has 0 spiro atoms. The standard InChI is InChI=1S/C16H22N2O/c1-4-9-15-17-13-10-7-8-11-14(13)18(15)12-16(19,5-2)6-3/h4,7-8,10-11,19H,1,5-6,9,12H2,2-3H3. The average molecular weight is 258 g/mol. The summed E-state index contributed by atoms with van der Waals surface area (Å²) in [4.78, 5) is 4.64. The molecule has 0 aliphatic carbocycles. The van der Waals surface area contributed by atoms with Crippen LogP contribution in [0, 0.1) is 0 Å². The molecule has 1 aromatic heterocycles. The van der Waals surface area contributed by atoms with Crippen molar-refractivity contribution in [1.29, 1.82) is 0 Å². The highest BCUT2D eigenvalue weighted by Gasteiger charge is 2.25. The number of hydrogen-bond acceptors (Lipinski definition) is 2. The molecule has 1 aromatic carbocycles. The molecule has 0 aliphatic rings. The van der Waals surface area contributed by atoms with E-state index in [0.717, 1.165) is 36.1 Å². The van der Waals surface area contributed by atoms with Crippen LogP contribution in [0.25, 0.3) is 11.0 Å². The Morgan fingerprint density at radius 2 is 2.00 bits per heavy atom. The Kier molecular flexibility index (Phi) is 4.05. The largest absolute Gasteiger partial charge is 0.388 e. The maximum atomic E-state index is 10.6. The highest BCUT2D eigenvalue weighted by atomic mass is 16.3. The van der Waals surface area contributed by atoms with Crippen molar-refractivity contribution in [2.75, 3.05) is 0 Å². The van der Waals surface area contributed by atoms with E-state index in [1.54, 1.807) is 0 Å². The zero-order valence-electron chi connectivity index (χ0n) is 11.8. The minimum Gasteiger partial charge on any atom is -0.388 e. The van der Waals surface area contributed by atoms with Gasteiger partial charge in [-0.2, -0.15) is 0 Å². The Morgan fingerprint density at radius 3 is 2.63 bits per heavy atom. The second-order valence-electron chi connectivity index (χ2n) is 5.03. The van der Waals surface area contributed by atoms with Gasteiger partial charge in [-0.1, -0.05) is 32.1 Å². The first-order valence-electron chi connectivity index (χ1n) is 6.91. The smallest absolute Gasteiger partial charge is 0.113 e. The monoisotopic (exact) mass is 258 g/mol. The van der Waals surface area contributed by atoms with Crippen molar-refractivity contribution in [1.82, 2.24) is 9.55 Å². The number of allylic oxidation sites excluding steroid dienone is 1. The fourth-order valence-corrected chi connectivity index (χ4v) is 2.35. The summed E-state index contributed by atoms with van der Waals surface area (Å²) in [6.07, 6.45) is 4.06. The summed E-state index contributed by atoms with van der Waals surface area (Å²) < 4.78 is 2.13. The Balaban J connectivity index is 2.49. The lowest BCUT2D eigenvalue weighted by atomic mass is 9.97. The summed E-state index contributed by atoms with van der Waals surface area (Å²) in [5.74, 6) is 0.969. The molecule has 0 saturated carbocycles. The molecule has 3 heteroatoms. The van der Waals surface area contributed by atoms with Crippen molar-refractivity contribution in [2.45, 2.75) is 45.3 Å². The lowest BCUT2D eigenvalue weighted by molar-refractivity contribution is 0.0155. The van der Waals surface area contributed by atoms with Gasteiger partial charge in [0.05, 0.1) is 23.2 Å². The molecule has 0 unspecified atom stereocenters. The molecule has 2 rings (SSSR count). The number of nitrogens with zero attached hydrogens (tertiary/aromatic N) is 2. The van der Waals surface area contributed by atoms with Crippen molar-refractivity contribution in [3.05, 3.63) is 42.7 Å². The lowest BCUT2D eigenvalue weighted by Gasteiger charge is -2.26. The number of para-hydroxylation sites is 2. The Labute approximate surface area is 114 Å². The summed E-state index contributed by atoms with van der Waals surface area (Å²) in [6, 6.07) is 8.06. The van der Waals surface area contributed by atoms with Crippen LogP contribution in [-0.4, -0.2) is 20.3 Å². The first-order valence-corrected chi connectivity index (χ1v) is 6.91. The minimum absolute atomic E-state index is 0.587. The quantitative estimate of drug-likeness (QED) is 0.807. The number of hydrogen-bond donors (Lipinski definition) is 1. The topological polar surface area (TPSA) is 38.0 Å². The summed E-state index contributed by atoms with van der Waals surface area (Å²) >= 11 is 0. The number of benzene rings is 1. The van der Waals surface area contributed by atoms with Gasteiger partial charge in [0.15, 0.2) is 0 Å². The molecule has 0 amide bonds. The first-order chi connectivity index (χ1) is 9.13. The Morgan fingerprint density at radius 1 is 1.32 bits per heavy atom. The van der Waals surface area contributed by atoms with Crippen molar-refractivity contribution in [2.24, 2.45) is 0 Å². The van der Waals surface area contributed by atoms with Crippen LogP contribution in [0.5, 0.6) is 0 Å². The van der Waals surface area contributed by atoms with Crippen molar-refractivity contribution >= 4 is 11.0 Å². The highest BCUT2D eigenvalue weighted by Crippen LogP contribution is 2.23. The van der Waals surface area contributed by atoms with Gasteiger partial charge < -0.3 is 9.67 Å². The van der Waals surface area contributed by atoms with E-state index in [1.807, 2.05) is 38.1 Å². The van der Waals surface area contributed by atoms with Crippen LogP contribution >= 0.6 is 0 Å². The molecule has 0 saturated heterocycles. The van der Waals surface area contributed by atoms with E-state index in [4.69, 9.17) is 0 Å². The van der Waals surface area contributed by atoms with Gasteiger partial charge in [-0.25, -0.2) is 4.98 Å². The van der Waals surface area contributed by atoms with Gasteiger partial charge in [-0.05, 0) is 25.0 Å². The lowest BCUT2D eigenvalue weighted by Crippen LogP contribution is -2.33. The fourth-order valence-electron chi connectivity index (χ4n) is 2.35. The molecule has 3 nitrogen and oxygen atoms in total. The number of fused-ring (bicyclic) bond motifs is 1. The van der Waals surface area contributed by atoms with Crippen LogP contribution in [0.1, 0.15) is 32.5 Å². The number of aliphatic hydroxyl groups is 1. The summed E-state index contributed by atoms with van der Waals surface area (Å²) in [6.45, 7) is 8.42. The summed E-state index contributed by atoms with van der Waals surface area (Å²) in [5.41, 5.74) is 1.40. The van der Waals surface area contributed by atoms with Gasteiger partial charge in [0.2, 0.25) is 0 Å². The van der Waals surface area contributed by atoms with Crippen LogP contribution in [0.2, 0.25) is 0 Å². The van der Waals surface area contributed by atoms with E-state index in [9.17, 15) is 5.11 Å². The second-order valence-corrected chi connectivity index (χ2v) is 5.03. The van der Waals surface area contributed by atoms with E-state index >= 15 is 0 Å². The number of imidazole rings is 1. The molecule has 0 aliphatic heterocycles. The van der Waals surface area contributed by atoms with E-state index in [2.05, 4.69) is 22.2 Å². The zero-order valence-corrected chi connectivity index (χ0v) is 11.8. The average Bonchev–Trinajstić information content (AvgIpc) is 2.77. The minimum atomic E-state index is -0.667. The van der Waals surface area contributed by atoms with Gasteiger partial charge in [-0.15, -0.1) is 6.58 Å². The zero-order chi connectivity index (χ0) is 13.9. The maximum Gasteiger partial charge on any atom is 0.113 e. The molecule has 2 aromatic rings. The molecule has 102 valence electrons. The van der Waals surface area contributed by atoms with Gasteiger partial charge in [-0.3, -0.25) is 0 Å². The molecule has 1 heterocycles. The molecular formula is C16H22N2O. The van der Waals surface area contributed by atoms with Crippen LogP contribution in [0.4, 0.5) is 0 Å². The molecular weight excluding hydrogens is 236 g/mol. The van der Waals surface area contributed by atoms with Crippen LogP contribution in [0.15, 0.2) is 36.9 Å². The SMILES string of the molecule is C=CCc1nc2ccccc2n1CC(O)(CC)CC. The van der Waals surface area contributed by atoms with Crippen molar-refractivity contribution < 1.29 is 5.11 Å². The van der Waals surface area contributed by atoms with Crippen LogP contribution < -0.4 is 0 Å². The van der Waals surface area contributed by atoms with E-state index in [1.165, 1.54) is 0 Å². The van der Waals surface area contributed by atoms with E-state index in [-0.39, 0.29) is 0 Å². The molecule has 0 radical (unpaired) electrons. The third-order valence-electron chi connectivity index (χ3n) is 3.83. The Hall–Kier alpha value is -1.61. The van der Waals surface area contributed by atoms with Crippen molar-refractivity contribution in [3.8, 4) is 0 Å². The third-order valence-corrected chi connectivity index (χ3v) is 3.83. The highest BCUT2D eigenvalue weighted by molar-refractivity contribution is 5.76. The molecule has 19 heavy (non-hydrogen) atoms. The summed E-state index contributed by atoms with van der Waals surface area (Å²) in [7, 11) is 0. The van der Waals surface area contributed by atoms with Gasteiger partial charge in [0, 0.05) is 6.42 Å². The van der Waals surface area contributed by atoms with E-state index < -0.39 is 5.60 Å². The third kappa shape index (κ3) is 2.71. The molecule has 0 bridgehead atoms. The first kappa shape index (κ1) is 13.8. The Bertz CT molecular complexity index is 567. The predicted molar refractivity (Wildman–Crippen MR) is 79.2 cm³/mol. The fraction of sp³-hybridized carbons (Fsp3) is 0.438. The van der Waals surface area contributed by atoms with Crippen LogP contribution in [-0.2, 0) is 13.0 Å².